The Hall–Kier alpha value is -4.94. The maximum Gasteiger partial charge on any atom is 0.331 e. The SMILES string of the molecule is COC(=O)/C=C(/c1ccc(OC2CCCCO2)cc1)c1ncco1.COC(=O)CC(c1ccc(OC2CCCCO2)cc1)c1ncco1. The Morgan fingerprint density at radius 1 is 0.792 bits per heavy atom. The van der Waals surface area contributed by atoms with Crippen LogP contribution < -0.4 is 9.47 Å². The largest absolute Gasteiger partial charge is 0.469 e. The summed E-state index contributed by atoms with van der Waals surface area (Å²) < 4.78 is 42.9. The molecule has 12 heteroatoms. The number of hydrogen-bond donors (Lipinski definition) is 0. The molecule has 0 radical (unpaired) electrons. The molecular weight excluding hydrogens is 620 g/mol. The molecule has 2 aromatic carbocycles. The zero-order chi connectivity index (χ0) is 33.6. The van der Waals surface area contributed by atoms with Gasteiger partial charge in [-0.05, 0) is 61.1 Å². The fourth-order valence-electron chi connectivity index (χ4n) is 5.21. The second kappa shape index (κ2) is 17.8. The lowest BCUT2D eigenvalue weighted by atomic mass is 9.95. The number of carbonyl (C=O) groups excluding carboxylic acids is 2. The molecule has 0 aliphatic carbocycles. The molecule has 3 unspecified atom stereocenters. The molecule has 3 atom stereocenters. The zero-order valence-corrected chi connectivity index (χ0v) is 27.1. The van der Waals surface area contributed by atoms with Crippen molar-refractivity contribution in [3.05, 3.63) is 102 Å². The van der Waals surface area contributed by atoms with Crippen LogP contribution in [0.4, 0.5) is 0 Å². The van der Waals surface area contributed by atoms with E-state index in [9.17, 15) is 9.59 Å². The van der Waals surface area contributed by atoms with Crippen LogP contribution in [0.25, 0.3) is 5.57 Å². The highest BCUT2D eigenvalue weighted by Crippen LogP contribution is 2.30. The lowest BCUT2D eigenvalue weighted by molar-refractivity contribution is -0.141. The van der Waals surface area contributed by atoms with Gasteiger partial charge in [-0.1, -0.05) is 24.3 Å². The first-order chi connectivity index (χ1) is 23.5. The van der Waals surface area contributed by atoms with Crippen molar-refractivity contribution in [1.29, 1.82) is 0 Å². The molecule has 2 fully saturated rings. The van der Waals surface area contributed by atoms with Crippen LogP contribution in [-0.2, 0) is 28.5 Å². The van der Waals surface area contributed by atoms with Crippen LogP contribution in [0.15, 0.2) is 88.4 Å². The van der Waals surface area contributed by atoms with E-state index in [1.807, 2.05) is 48.5 Å². The molecule has 4 heterocycles. The summed E-state index contributed by atoms with van der Waals surface area (Å²) in [7, 11) is 2.70. The van der Waals surface area contributed by atoms with E-state index in [1.54, 1.807) is 6.20 Å². The first-order valence-electron chi connectivity index (χ1n) is 15.9. The van der Waals surface area contributed by atoms with Gasteiger partial charge in [-0.2, -0.15) is 0 Å². The Kier molecular flexibility index (Phi) is 12.8. The van der Waals surface area contributed by atoms with Crippen LogP contribution in [0.3, 0.4) is 0 Å². The first kappa shape index (κ1) is 34.4. The molecule has 2 saturated heterocycles. The van der Waals surface area contributed by atoms with E-state index in [-0.39, 0.29) is 30.9 Å². The predicted molar refractivity (Wildman–Crippen MR) is 172 cm³/mol. The molecule has 2 aliphatic heterocycles. The van der Waals surface area contributed by atoms with Gasteiger partial charge in [0.15, 0.2) is 12.6 Å². The van der Waals surface area contributed by atoms with Crippen molar-refractivity contribution in [2.75, 3.05) is 27.4 Å². The van der Waals surface area contributed by atoms with Gasteiger partial charge in [-0.15, -0.1) is 0 Å². The number of benzene rings is 2. The third kappa shape index (κ3) is 10.0. The van der Waals surface area contributed by atoms with E-state index in [1.165, 1.54) is 39.0 Å². The molecule has 254 valence electrons. The number of nitrogens with zero attached hydrogens (tertiary/aromatic N) is 2. The number of oxazole rings is 2. The summed E-state index contributed by atoms with van der Waals surface area (Å²) in [6.45, 7) is 1.48. The van der Waals surface area contributed by atoms with Crippen LogP contribution in [-0.4, -0.2) is 61.9 Å². The topological polar surface area (TPSA) is 142 Å². The summed E-state index contributed by atoms with van der Waals surface area (Å²) in [5, 5.41) is 0. The number of methoxy groups -OCH3 is 2. The maximum atomic E-state index is 11.7. The van der Waals surface area contributed by atoms with Gasteiger partial charge in [0.1, 0.15) is 24.0 Å². The zero-order valence-electron chi connectivity index (χ0n) is 27.1. The molecule has 48 heavy (non-hydrogen) atoms. The van der Waals surface area contributed by atoms with Crippen molar-refractivity contribution in [3.8, 4) is 11.5 Å². The Labute approximate surface area is 279 Å². The summed E-state index contributed by atoms with van der Waals surface area (Å²) in [6, 6.07) is 14.9. The highest BCUT2D eigenvalue weighted by atomic mass is 16.7. The monoisotopic (exact) mass is 660 g/mol. The van der Waals surface area contributed by atoms with E-state index in [2.05, 4.69) is 9.97 Å². The van der Waals surface area contributed by atoms with Crippen molar-refractivity contribution in [2.24, 2.45) is 0 Å². The van der Waals surface area contributed by atoms with Crippen LogP contribution in [0.2, 0.25) is 0 Å². The smallest absolute Gasteiger partial charge is 0.331 e. The van der Waals surface area contributed by atoms with Crippen LogP contribution in [0.1, 0.15) is 73.8 Å². The maximum absolute atomic E-state index is 11.7. The molecule has 0 N–H and O–H groups in total. The minimum absolute atomic E-state index is 0.170. The number of ether oxygens (including phenoxy) is 6. The second-order valence-corrected chi connectivity index (χ2v) is 11.0. The van der Waals surface area contributed by atoms with Gasteiger partial charge in [-0.25, -0.2) is 14.8 Å². The van der Waals surface area contributed by atoms with E-state index >= 15 is 0 Å². The van der Waals surface area contributed by atoms with E-state index < -0.39 is 5.97 Å². The summed E-state index contributed by atoms with van der Waals surface area (Å²) in [5.41, 5.74) is 2.24. The van der Waals surface area contributed by atoms with E-state index in [0.29, 0.717) is 17.4 Å². The molecule has 2 aliphatic rings. The Bertz CT molecular complexity index is 1560. The van der Waals surface area contributed by atoms with Gasteiger partial charge in [0.25, 0.3) is 0 Å². The van der Waals surface area contributed by atoms with Crippen LogP contribution in [0, 0.1) is 0 Å². The Morgan fingerprint density at radius 3 is 1.90 bits per heavy atom. The first-order valence-corrected chi connectivity index (χ1v) is 15.9. The molecular formula is C36H40N2O10. The third-order valence-corrected chi connectivity index (χ3v) is 7.73. The van der Waals surface area contributed by atoms with Crippen LogP contribution >= 0.6 is 0 Å². The summed E-state index contributed by atoms with van der Waals surface area (Å²) in [5.74, 6) is 1.24. The fraction of sp³-hybridized carbons (Fsp3) is 0.389. The molecule has 0 amide bonds. The summed E-state index contributed by atoms with van der Waals surface area (Å²) >= 11 is 0. The number of carbonyl (C=O) groups is 2. The van der Waals surface area contributed by atoms with Crippen molar-refractivity contribution >= 4 is 17.5 Å². The molecule has 0 bridgehead atoms. The predicted octanol–water partition coefficient (Wildman–Crippen LogP) is 6.46. The van der Waals surface area contributed by atoms with Gasteiger partial charge in [0.2, 0.25) is 11.8 Å². The van der Waals surface area contributed by atoms with Crippen molar-refractivity contribution in [2.45, 2.75) is 63.4 Å². The summed E-state index contributed by atoms with van der Waals surface area (Å²) in [4.78, 5) is 31.6. The lowest BCUT2D eigenvalue weighted by Crippen LogP contribution is -2.24. The van der Waals surface area contributed by atoms with Gasteiger partial charge in [-0.3, -0.25) is 4.79 Å². The summed E-state index contributed by atoms with van der Waals surface area (Å²) in [6.07, 6.45) is 13.4. The lowest BCUT2D eigenvalue weighted by Gasteiger charge is -2.23. The fourth-order valence-corrected chi connectivity index (χ4v) is 5.21. The quantitative estimate of drug-likeness (QED) is 0.129. The average molecular weight is 661 g/mol. The average Bonchev–Trinajstić information content (AvgIpc) is 3.87. The van der Waals surface area contributed by atoms with E-state index in [0.717, 1.165) is 74.4 Å². The highest BCUT2D eigenvalue weighted by molar-refractivity contribution is 5.94. The van der Waals surface area contributed by atoms with Crippen molar-refractivity contribution in [1.82, 2.24) is 9.97 Å². The molecule has 12 nitrogen and oxygen atoms in total. The Balaban J connectivity index is 0.000000188. The third-order valence-electron chi connectivity index (χ3n) is 7.73. The van der Waals surface area contributed by atoms with Crippen molar-refractivity contribution in [3.63, 3.8) is 0 Å². The molecule has 6 rings (SSSR count). The van der Waals surface area contributed by atoms with Crippen LogP contribution in [0.5, 0.6) is 11.5 Å². The van der Waals surface area contributed by atoms with Gasteiger partial charge in [0.05, 0.1) is 57.7 Å². The highest BCUT2D eigenvalue weighted by Gasteiger charge is 2.23. The molecule has 0 saturated carbocycles. The minimum atomic E-state index is -0.473. The van der Waals surface area contributed by atoms with Gasteiger partial charge >= 0.3 is 11.9 Å². The van der Waals surface area contributed by atoms with Gasteiger partial charge < -0.3 is 37.3 Å². The van der Waals surface area contributed by atoms with Gasteiger partial charge in [0, 0.05) is 18.9 Å². The molecule has 4 aromatic rings. The number of hydrogen-bond acceptors (Lipinski definition) is 12. The number of aromatic nitrogens is 2. The minimum Gasteiger partial charge on any atom is -0.469 e. The van der Waals surface area contributed by atoms with E-state index in [4.69, 9.17) is 37.3 Å². The molecule has 2 aromatic heterocycles. The Morgan fingerprint density at radius 2 is 1.40 bits per heavy atom. The second-order valence-electron chi connectivity index (χ2n) is 11.0. The number of esters is 2. The number of rotatable bonds is 11. The van der Waals surface area contributed by atoms with Crippen molar-refractivity contribution < 1.29 is 46.8 Å². The standard InChI is InChI=1S/C18H21NO5.C18H19NO5/c2*1-21-16(20)12-15(18-19-9-11-23-18)13-5-7-14(8-6-13)24-17-4-2-3-10-22-17/h5-9,11,15,17H,2-4,10,12H2,1H3;5-9,11-12,17H,2-4,10H2,1H3/b;15-12-. The molecule has 0 spiro atoms. The normalized spacial score (nSPS) is 18.5.